The second-order valence-electron chi connectivity index (χ2n) is 6.89. The average Bonchev–Trinajstić information content (AvgIpc) is 2.57. The molecular formula is C18H19ClF3N5O2. The highest BCUT2D eigenvalue weighted by Crippen LogP contribution is 2.33. The molecule has 7 nitrogen and oxygen atoms in total. The number of carbonyl (C=O) groups excluding carboxylic acids is 1. The van der Waals surface area contributed by atoms with Crippen LogP contribution >= 0.6 is 11.6 Å². The Morgan fingerprint density at radius 1 is 1.34 bits per heavy atom. The van der Waals surface area contributed by atoms with E-state index in [4.69, 9.17) is 11.6 Å². The molecule has 0 aliphatic carbocycles. The summed E-state index contributed by atoms with van der Waals surface area (Å²) < 4.78 is 39.7. The summed E-state index contributed by atoms with van der Waals surface area (Å²) in [5.41, 5.74) is -0.473. The first-order valence-electron chi connectivity index (χ1n) is 8.70. The molecular weight excluding hydrogens is 411 g/mol. The van der Waals surface area contributed by atoms with Crippen LogP contribution in [0.15, 0.2) is 35.3 Å². The molecule has 0 unspecified atom stereocenters. The maximum Gasteiger partial charge on any atom is 0.416 e. The van der Waals surface area contributed by atoms with Gasteiger partial charge in [-0.1, -0.05) is 11.6 Å². The van der Waals surface area contributed by atoms with Crippen LogP contribution in [0.2, 0.25) is 5.02 Å². The molecule has 1 aromatic heterocycles. The number of amides is 1. The van der Waals surface area contributed by atoms with Gasteiger partial charge in [-0.2, -0.15) is 18.3 Å². The van der Waals surface area contributed by atoms with E-state index in [9.17, 15) is 22.8 Å². The number of hydrogen-bond acceptors (Lipinski definition) is 5. The van der Waals surface area contributed by atoms with Crippen LogP contribution in [0.3, 0.4) is 0 Å². The van der Waals surface area contributed by atoms with Crippen LogP contribution in [0.1, 0.15) is 5.56 Å². The standard InChI is InChI=1S/C18H19ClF3N5O2/c1-25(13-8-27(9-13)12-6-17(29)26(2)23-7-12)10-16(28)24-15-5-11(18(20,21)22)3-4-14(15)19/h3-7,13H,8-10H2,1-2H3,(H,24,28). The molecule has 2 heterocycles. The lowest BCUT2D eigenvalue weighted by Gasteiger charge is -2.45. The number of carbonyl (C=O) groups is 1. The maximum absolute atomic E-state index is 12.8. The van der Waals surface area contributed by atoms with Gasteiger partial charge in [0.15, 0.2) is 0 Å². The number of benzene rings is 1. The number of hydrogen-bond donors (Lipinski definition) is 1. The van der Waals surface area contributed by atoms with Crippen LogP contribution in [0.25, 0.3) is 0 Å². The number of likely N-dealkylation sites (N-methyl/N-ethyl adjacent to an activating group) is 1. The quantitative estimate of drug-likeness (QED) is 0.789. The second kappa shape index (κ2) is 8.03. The summed E-state index contributed by atoms with van der Waals surface area (Å²) in [6.07, 6.45) is -2.93. The summed E-state index contributed by atoms with van der Waals surface area (Å²) in [6.45, 7) is 1.19. The number of anilines is 2. The molecule has 1 amide bonds. The Hall–Kier alpha value is -2.59. The zero-order valence-electron chi connectivity index (χ0n) is 15.7. The summed E-state index contributed by atoms with van der Waals surface area (Å²) >= 11 is 5.90. The van der Waals surface area contributed by atoms with Gasteiger partial charge in [0.25, 0.3) is 5.56 Å². The van der Waals surface area contributed by atoms with Crippen LogP contribution in [-0.2, 0) is 18.0 Å². The summed E-state index contributed by atoms with van der Waals surface area (Å²) in [5, 5.41) is 6.43. The summed E-state index contributed by atoms with van der Waals surface area (Å²) in [4.78, 5) is 27.7. The largest absolute Gasteiger partial charge is 0.416 e. The van der Waals surface area contributed by atoms with Crippen LogP contribution in [-0.4, -0.2) is 53.3 Å². The van der Waals surface area contributed by atoms with Crippen molar-refractivity contribution in [3.63, 3.8) is 0 Å². The lowest BCUT2D eigenvalue weighted by Crippen LogP contribution is -2.59. The Bertz CT molecular complexity index is 973. The fraction of sp³-hybridized carbons (Fsp3) is 0.389. The van der Waals surface area contributed by atoms with Gasteiger partial charge in [0.1, 0.15) is 0 Å². The molecule has 3 rings (SSSR count). The molecule has 0 spiro atoms. The first-order chi connectivity index (χ1) is 13.5. The molecule has 1 fully saturated rings. The Morgan fingerprint density at radius 2 is 2.03 bits per heavy atom. The summed E-state index contributed by atoms with van der Waals surface area (Å²) in [5.74, 6) is -0.470. The van der Waals surface area contributed by atoms with Crippen molar-refractivity contribution in [2.45, 2.75) is 12.2 Å². The van der Waals surface area contributed by atoms with Crippen molar-refractivity contribution >= 4 is 28.9 Å². The predicted molar refractivity (Wildman–Crippen MR) is 103 cm³/mol. The Labute approximate surface area is 169 Å². The normalized spacial score (nSPS) is 14.8. The first-order valence-corrected chi connectivity index (χ1v) is 9.07. The lowest BCUT2D eigenvalue weighted by atomic mass is 10.1. The lowest BCUT2D eigenvalue weighted by molar-refractivity contribution is -0.137. The van der Waals surface area contributed by atoms with Crippen molar-refractivity contribution in [2.75, 3.05) is 36.9 Å². The Kier molecular flexibility index (Phi) is 5.85. The number of rotatable bonds is 5. The minimum Gasteiger partial charge on any atom is -0.367 e. The van der Waals surface area contributed by atoms with E-state index in [-0.39, 0.29) is 28.9 Å². The number of nitrogens with one attached hydrogen (secondary N) is 1. The topological polar surface area (TPSA) is 70.5 Å². The smallest absolute Gasteiger partial charge is 0.367 e. The van der Waals surface area contributed by atoms with Gasteiger partial charge in [-0.3, -0.25) is 14.5 Å². The van der Waals surface area contributed by atoms with Crippen molar-refractivity contribution in [2.24, 2.45) is 7.05 Å². The molecule has 1 aliphatic rings. The zero-order chi connectivity index (χ0) is 21.3. The monoisotopic (exact) mass is 429 g/mol. The molecule has 1 aromatic carbocycles. The molecule has 11 heteroatoms. The van der Waals surface area contributed by atoms with E-state index in [1.807, 2.05) is 4.90 Å². The molecule has 0 radical (unpaired) electrons. The Balaban J connectivity index is 1.55. The highest BCUT2D eigenvalue weighted by atomic mass is 35.5. The van der Waals surface area contributed by atoms with Crippen LogP contribution in [0.5, 0.6) is 0 Å². The van der Waals surface area contributed by atoms with Gasteiger partial charge in [-0.15, -0.1) is 0 Å². The van der Waals surface area contributed by atoms with Crippen molar-refractivity contribution in [3.05, 3.63) is 51.4 Å². The molecule has 1 aliphatic heterocycles. The van der Waals surface area contributed by atoms with Crippen molar-refractivity contribution in [1.82, 2.24) is 14.7 Å². The number of halogens is 4. The van der Waals surface area contributed by atoms with E-state index < -0.39 is 17.6 Å². The zero-order valence-corrected chi connectivity index (χ0v) is 16.5. The van der Waals surface area contributed by atoms with Gasteiger partial charge in [-0.05, 0) is 25.2 Å². The third kappa shape index (κ3) is 4.88. The van der Waals surface area contributed by atoms with E-state index in [1.165, 1.54) is 10.7 Å². The predicted octanol–water partition coefficient (Wildman–Crippen LogP) is 2.21. The SMILES string of the molecule is CN(CC(=O)Nc1cc(C(F)(F)F)ccc1Cl)C1CN(c2cnn(C)c(=O)c2)C1. The van der Waals surface area contributed by atoms with E-state index in [0.717, 1.165) is 18.2 Å². The minimum absolute atomic E-state index is 0.0140. The molecule has 0 bridgehead atoms. The number of aryl methyl sites for hydroxylation is 1. The number of aromatic nitrogens is 2. The minimum atomic E-state index is -4.52. The van der Waals surface area contributed by atoms with Crippen LogP contribution < -0.4 is 15.8 Å². The van der Waals surface area contributed by atoms with Crippen molar-refractivity contribution < 1.29 is 18.0 Å². The van der Waals surface area contributed by atoms with E-state index >= 15 is 0 Å². The molecule has 0 saturated carbocycles. The summed E-state index contributed by atoms with van der Waals surface area (Å²) in [6, 6.07) is 4.33. The number of nitrogens with zero attached hydrogens (tertiary/aromatic N) is 4. The third-order valence-corrected chi connectivity index (χ3v) is 5.09. The number of alkyl halides is 3. The second-order valence-corrected chi connectivity index (χ2v) is 7.30. The molecule has 156 valence electrons. The highest BCUT2D eigenvalue weighted by Gasteiger charge is 2.32. The fourth-order valence-electron chi connectivity index (χ4n) is 2.92. The van der Waals surface area contributed by atoms with E-state index in [1.54, 1.807) is 25.2 Å². The molecule has 1 N–H and O–H groups in total. The molecule has 29 heavy (non-hydrogen) atoms. The van der Waals surface area contributed by atoms with Gasteiger partial charge in [0.05, 0.1) is 34.7 Å². The van der Waals surface area contributed by atoms with Crippen molar-refractivity contribution in [3.8, 4) is 0 Å². The highest BCUT2D eigenvalue weighted by molar-refractivity contribution is 6.33. The molecule has 2 aromatic rings. The van der Waals surface area contributed by atoms with Crippen LogP contribution in [0.4, 0.5) is 24.5 Å². The van der Waals surface area contributed by atoms with Gasteiger partial charge >= 0.3 is 6.18 Å². The molecule has 0 atom stereocenters. The van der Waals surface area contributed by atoms with E-state index in [2.05, 4.69) is 10.4 Å². The third-order valence-electron chi connectivity index (χ3n) is 4.77. The fourth-order valence-corrected chi connectivity index (χ4v) is 3.09. The van der Waals surface area contributed by atoms with Crippen LogP contribution in [0, 0.1) is 0 Å². The van der Waals surface area contributed by atoms with Gasteiger partial charge in [-0.25, -0.2) is 4.68 Å². The first kappa shape index (κ1) is 21.1. The van der Waals surface area contributed by atoms with Gasteiger partial charge < -0.3 is 10.2 Å². The van der Waals surface area contributed by atoms with Crippen molar-refractivity contribution in [1.29, 1.82) is 0 Å². The Morgan fingerprint density at radius 3 is 2.66 bits per heavy atom. The molecule has 1 saturated heterocycles. The summed E-state index contributed by atoms with van der Waals surface area (Å²) in [7, 11) is 3.31. The van der Waals surface area contributed by atoms with E-state index in [0.29, 0.717) is 18.8 Å². The van der Waals surface area contributed by atoms with Gasteiger partial charge in [0.2, 0.25) is 5.91 Å². The van der Waals surface area contributed by atoms with Gasteiger partial charge in [0, 0.05) is 32.2 Å². The maximum atomic E-state index is 12.8. The average molecular weight is 430 g/mol.